The Bertz CT molecular complexity index is 1030. The van der Waals surface area contributed by atoms with Crippen molar-refractivity contribution >= 4 is 17.6 Å². The molecule has 1 aliphatic rings. The monoisotopic (exact) mass is 420 g/mol. The molecule has 0 radical (unpaired) electrons. The number of piperazine rings is 1. The number of ether oxygens (including phenoxy) is 2. The van der Waals surface area contributed by atoms with E-state index in [-0.39, 0.29) is 12.5 Å². The van der Waals surface area contributed by atoms with E-state index >= 15 is 0 Å². The second kappa shape index (κ2) is 9.34. The van der Waals surface area contributed by atoms with Crippen LogP contribution >= 0.6 is 0 Å². The maximum Gasteiger partial charge on any atom is 0.338 e. The summed E-state index contributed by atoms with van der Waals surface area (Å²) >= 11 is 0. The zero-order chi connectivity index (χ0) is 21.6. The highest BCUT2D eigenvalue weighted by molar-refractivity contribution is 5.91. The van der Waals surface area contributed by atoms with Gasteiger partial charge < -0.3 is 19.3 Å². The van der Waals surface area contributed by atoms with Gasteiger partial charge in [0.1, 0.15) is 5.75 Å². The molecule has 160 valence electrons. The number of hydrogen-bond acceptors (Lipinski definition) is 6. The lowest BCUT2D eigenvalue weighted by Crippen LogP contribution is -2.50. The summed E-state index contributed by atoms with van der Waals surface area (Å²) in [6, 6.07) is 16.5. The van der Waals surface area contributed by atoms with Crippen LogP contribution in [0.4, 0.5) is 5.69 Å². The molecular weight excluding hydrogens is 396 g/mol. The van der Waals surface area contributed by atoms with Gasteiger partial charge in [0, 0.05) is 38.6 Å². The number of rotatable bonds is 6. The minimum absolute atomic E-state index is 0.193. The summed E-state index contributed by atoms with van der Waals surface area (Å²) in [5.74, 6) is 0.101. The van der Waals surface area contributed by atoms with Crippen LogP contribution in [0.2, 0.25) is 0 Å². The van der Waals surface area contributed by atoms with E-state index in [9.17, 15) is 9.59 Å². The number of nitrogens with zero attached hydrogens (tertiary/aromatic N) is 4. The Kier molecular flexibility index (Phi) is 6.16. The molecule has 8 heteroatoms. The molecule has 1 fully saturated rings. The van der Waals surface area contributed by atoms with E-state index in [1.807, 2.05) is 36.5 Å². The molecule has 1 saturated heterocycles. The number of esters is 1. The van der Waals surface area contributed by atoms with E-state index in [4.69, 9.17) is 9.47 Å². The first kappa shape index (κ1) is 20.5. The molecule has 0 unspecified atom stereocenters. The van der Waals surface area contributed by atoms with Crippen LogP contribution in [-0.4, -0.2) is 66.5 Å². The van der Waals surface area contributed by atoms with Crippen molar-refractivity contribution in [2.45, 2.75) is 0 Å². The lowest BCUT2D eigenvalue weighted by Gasteiger charge is -2.36. The predicted molar refractivity (Wildman–Crippen MR) is 116 cm³/mol. The fraction of sp³-hybridized carbons (Fsp3) is 0.261. The van der Waals surface area contributed by atoms with Crippen LogP contribution in [0.1, 0.15) is 10.4 Å². The number of methoxy groups -OCH3 is 1. The molecular formula is C23H24N4O4. The molecule has 2 heterocycles. The molecule has 31 heavy (non-hydrogen) atoms. The summed E-state index contributed by atoms with van der Waals surface area (Å²) in [5, 5.41) is 4.15. The summed E-state index contributed by atoms with van der Waals surface area (Å²) in [6.45, 7) is 2.23. The maximum absolute atomic E-state index is 12.5. The number of para-hydroxylation sites is 2. The van der Waals surface area contributed by atoms with Crippen LogP contribution in [-0.2, 0) is 9.53 Å². The SMILES string of the molecule is COc1ccccc1N1CCN(C(=O)COC(=O)c2ccc(-n3cccn3)cc2)CC1. The number of anilines is 1. The first-order chi connectivity index (χ1) is 15.2. The third-order valence-electron chi connectivity index (χ3n) is 5.26. The number of hydrogen-bond donors (Lipinski definition) is 0. The van der Waals surface area contributed by atoms with E-state index in [1.165, 1.54) is 0 Å². The highest BCUT2D eigenvalue weighted by Crippen LogP contribution is 2.28. The first-order valence-corrected chi connectivity index (χ1v) is 10.1. The normalized spacial score (nSPS) is 13.7. The minimum atomic E-state index is -0.520. The Morgan fingerprint density at radius 3 is 2.39 bits per heavy atom. The van der Waals surface area contributed by atoms with Gasteiger partial charge in [-0.1, -0.05) is 12.1 Å². The van der Waals surface area contributed by atoms with Crippen LogP contribution in [0.3, 0.4) is 0 Å². The minimum Gasteiger partial charge on any atom is -0.495 e. The molecule has 0 spiro atoms. The van der Waals surface area contributed by atoms with Crippen molar-refractivity contribution in [2.75, 3.05) is 44.8 Å². The predicted octanol–water partition coefficient (Wildman–Crippen LogP) is 2.39. The molecule has 2 aromatic carbocycles. The van der Waals surface area contributed by atoms with Crippen molar-refractivity contribution in [1.29, 1.82) is 0 Å². The number of aromatic nitrogens is 2. The van der Waals surface area contributed by atoms with Gasteiger partial charge in [0.25, 0.3) is 5.91 Å². The maximum atomic E-state index is 12.5. The standard InChI is InChI=1S/C23H24N4O4/c1-30-21-6-3-2-5-20(21)25-13-15-26(16-14-25)22(28)17-31-23(29)18-7-9-19(10-8-18)27-12-4-11-24-27/h2-12H,13-17H2,1H3. The van der Waals surface area contributed by atoms with Gasteiger partial charge in [-0.3, -0.25) is 4.79 Å². The molecule has 0 N–H and O–H groups in total. The smallest absolute Gasteiger partial charge is 0.338 e. The van der Waals surface area contributed by atoms with Crippen molar-refractivity contribution in [3.8, 4) is 11.4 Å². The Labute approximate surface area is 180 Å². The van der Waals surface area contributed by atoms with Crippen molar-refractivity contribution in [2.24, 2.45) is 0 Å². The van der Waals surface area contributed by atoms with Crippen molar-refractivity contribution in [3.05, 3.63) is 72.6 Å². The summed E-state index contributed by atoms with van der Waals surface area (Å²) in [6.07, 6.45) is 3.50. The second-order valence-corrected chi connectivity index (χ2v) is 7.11. The van der Waals surface area contributed by atoms with Crippen LogP contribution in [0.5, 0.6) is 5.75 Å². The molecule has 4 rings (SSSR count). The van der Waals surface area contributed by atoms with Gasteiger partial charge >= 0.3 is 5.97 Å². The number of amides is 1. The Morgan fingerprint density at radius 2 is 1.71 bits per heavy atom. The van der Waals surface area contributed by atoms with E-state index in [0.717, 1.165) is 17.1 Å². The van der Waals surface area contributed by atoms with Crippen molar-refractivity contribution in [3.63, 3.8) is 0 Å². The van der Waals surface area contributed by atoms with Crippen LogP contribution in [0, 0.1) is 0 Å². The molecule has 8 nitrogen and oxygen atoms in total. The van der Waals surface area contributed by atoms with Gasteiger partial charge in [-0.05, 0) is 42.5 Å². The zero-order valence-corrected chi connectivity index (χ0v) is 17.3. The average molecular weight is 420 g/mol. The van der Waals surface area contributed by atoms with Gasteiger partial charge in [-0.25, -0.2) is 9.48 Å². The number of benzene rings is 2. The second-order valence-electron chi connectivity index (χ2n) is 7.11. The van der Waals surface area contributed by atoms with E-state index in [2.05, 4.69) is 10.00 Å². The zero-order valence-electron chi connectivity index (χ0n) is 17.3. The molecule has 1 aromatic heterocycles. The summed E-state index contributed by atoms with van der Waals surface area (Å²) in [5.41, 5.74) is 2.25. The van der Waals surface area contributed by atoms with E-state index < -0.39 is 5.97 Å². The summed E-state index contributed by atoms with van der Waals surface area (Å²) in [7, 11) is 1.65. The molecule has 0 saturated carbocycles. The Morgan fingerprint density at radius 1 is 0.968 bits per heavy atom. The van der Waals surface area contributed by atoms with Crippen LogP contribution in [0.25, 0.3) is 5.69 Å². The summed E-state index contributed by atoms with van der Waals surface area (Å²) < 4.78 is 12.4. The molecule has 0 aliphatic carbocycles. The first-order valence-electron chi connectivity index (χ1n) is 10.1. The van der Waals surface area contributed by atoms with E-state index in [0.29, 0.717) is 31.7 Å². The lowest BCUT2D eigenvalue weighted by molar-refractivity contribution is -0.134. The Balaban J connectivity index is 1.27. The van der Waals surface area contributed by atoms with E-state index in [1.54, 1.807) is 47.2 Å². The Hall–Kier alpha value is -3.81. The van der Waals surface area contributed by atoms with Crippen molar-refractivity contribution in [1.82, 2.24) is 14.7 Å². The van der Waals surface area contributed by atoms with Crippen LogP contribution < -0.4 is 9.64 Å². The largest absolute Gasteiger partial charge is 0.495 e. The van der Waals surface area contributed by atoms with Crippen LogP contribution in [0.15, 0.2) is 67.0 Å². The highest BCUT2D eigenvalue weighted by atomic mass is 16.5. The summed E-state index contributed by atoms with van der Waals surface area (Å²) in [4.78, 5) is 28.7. The average Bonchev–Trinajstić information content (AvgIpc) is 3.37. The lowest BCUT2D eigenvalue weighted by atomic mass is 10.2. The molecule has 0 bridgehead atoms. The number of carbonyl (C=O) groups is 2. The highest BCUT2D eigenvalue weighted by Gasteiger charge is 2.23. The fourth-order valence-corrected chi connectivity index (χ4v) is 3.56. The van der Waals surface area contributed by atoms with Crippen molar-refractivity contribution < 1.29 is 19.1 Å². The van der Waals surface area contributed by atoms with Gasteiger partial charge in [-0.2, -0.15) is 5.10 Å². The molecule has 0 atom stereocenters. The third kappa shape index (κ3) is 4.69. The fourth-order valence-electron chi connectivity index (χ4n) is 3.56. The molecule has 1 aliphatic heterocycles. The third-order valence-corrected chi connectivity index (χ3v) is 5.26. The van der Waals surface area contributed by atoms with Gasteiger partial charge in [0.2, 0.25) is 0 Å². The van der Waals surface area contributed by atoms with Gasteiger partial charge in [-0.15, -0.1) is 0 Å². The van der Waals surface area contributed by atoms with Gasteiger partial charge in [0.05, 0.1) is 24.0 Å². The quantitative estimate of drug-likeness (QED) is 0.570. The van der Waals surface area contributed by atoms with Gasteiger partial charge in [0.15, 0.2) is 6.61 Å². The number of carbonyl (C=O) groups excluding carboxylic acids is 2. The molecule has 1 amide bonds. The molecule has 3 aromatic rings. The topological polar surface area (TPSA) is 76.9 Å².